The number of hydrogen-bond acceptors (Lipinski definition) is 4. The number of halogens is 2. The van der Waals surface area contributed by atoms with Crippen LogP contribution in [-0.2, 0) is 10.3 Å². The molecule has 1 amide bonds. The highest BCUT2D eigenvalue weighted by atomic mass is 35.5. The molecule has 3 aliphatic heterocycles. The summed E-state index contributed by atoms with van der Waals surface area (Å²) in [7, 11) is 0. The molecule has 1 spiro atoms. The molecule has 3 aromatic rings. The van der Waals surface area contributed by atoms with E-state index in [9.17, 15) is 4.79 Å². The van der Waals surface area contributed by atoms with Crippen molar-refractivity contribution in [3.05, 3.63) is 93.8 Å². The smallest absolute Gasteiger partial charge is 0.262 e. The van der Waals surface area contributed by atoms with E-state index in [2.05, 4.69) is 13.8 Å². The number of aliphatic imine (C=N–C) groups is 1. The van der Waals surface area contributed by atoms with E-state index in [0.717, 1.165) is 28.2 Å². The molecule has 1 aromatic heterocycles. The van der Waals surface area contributed by atoms with E-state index >= 15 is 0 Å². The van der Waals surface area contributed by atoms with Gasteiger partial charge in [0.05, 0.1) is 32.7 Å². The minimum absolute atomic E-state index is 0.0659. The zero-order chi connectivity index (χ0) is 24.5. The third-order valence-corrected chi connectivity index (χ3v) is 7.10. The van der Waals surface area contributed by atoms with E-state index in [0.29, 0.717) is 28.3 Å². The first-order valence-corrected chi connectivity index (χ1v) is 12.3. The van der Waals surface area contributed by atoms with Crippen LogP contribution in [0.25, 0.3) is 5.69 Å². The molecule has 0 fully saturated rings. The number of amidine groups is 1. The van der Waals surface area contributed by atoms with Gasteiger partial charge in [-0.3, -0.25) is 4.79 Å². The summed E-state index contributed by atoms with van der Waals surface area (Å²) in [5.41, 5.74) is 2.82. The van der Waals surface area contributed by atoms with Crippen molar-refractivity contribution >= 4 is 46.4 Å². The molecule has 3 aliphatic rings. The van der Waals surface area contributed by atoms with Crippen LogP contribution in [0.3, 0.4) is 0 Å². The Bertz CT molecular complexity index is 1470. The van der Waals surface area contributed by atoms with Crippen molar-refractivity contribution in [1.29, 1.82) is 0 Å². The van der Waals surface area contributed by atoms with Gasteiger partial charge in [0, 0.05) is 18.3 Å². The molecule has 176 valence electrons. The van der Waals surface area contributed by atoms with Gasteiger partial charge >= 0.3 is 0 Å². The van der Waals surface area contributed by atoms with Gasteiger partial charge in [-0.2, -0.15) is 5.10 Å². The maximum atomic E-state index is 14.7. The number of allylic oxidation sites excluding steroid dienone is 2. The minimum atomic E-state index is -1.23. The van der Waals surface area contributed by atoms with Gasteiger partial charge in [0.25, 0.3) is 5.91 Å². The van der Waals surface area contributed by atoms with Gasteiger partial charge in [0.2, 0.25) is 0 Å². The summed E-state index contributed by atoms with van der Waals surface area (Å²) in [4.78, 5) is 23.3. The van der Waals surface area contributed by atoms with Crippen molar-refractivity contribution in [1.82, 2.24) is 14.7 Å². The maximum absolute atomic E-state index is 14.7. The summed E-state index contributed by atoms with van der Waals surface area (Å²) < 4.78 is 1.79. The second kappa shape index (κ2) is 7.83. The number of carbonyl (C=O) groups excluding carboxylic acids is 1. The lowest BCUT2D eigenvalue weighted by Crippen LogP contribution is -2.56. The molecule has 0 saturated heterocycles. The predicted octanol–water partition coefficient (Wildman–Crippen LogP) is 5.99. The van der Waals surface area contributed by atoms with Crippen LogP contribution in [0.2, 0.25) is 0 Å². The first-order valence-electron chi connectivity index (χ1n) is 11.5. The molecule has 6 rings (SSSR count). The Balaban J connectivity index is 1.73. The Morgan fingerprint density at radius 2 is 1.74 bits per heavy atom. The molecule has 1 unspecified atom stereocenters. The van der Waals surface area contributed by atoms with E-state index in [1.54, 1.807) is 17.0 Å². The van der Waals surface area contributed by atoms with Crippen LogP contribution in [0, 0.1) is 12.8 Å². The molecule has 0 saturated carbocycles. The lowest BCUT2D eigenvalue weighted by molar-refractivity contribution is -0.125. The number of aromatic nitrogens is 2. The highest BCUT2D eigenvalue weighted by molar-refractivity contribution is 6.46. The van der Waals surface area contributed by atoms with E-state index in [1.165, 1.54) is 0 Å². The lowest BCUT2D eigenvalue weighted by Gasteiger charge is -2.43. The quantitative estimate of drug-likeness (QED) is 0.441. The normalized spacial score (nSPS) is 20.5. The SMILES string of the molecule is Cc1nn(-c2ccccc2)c2c1C1(C(=O)N(CC(C)C)c3ccccc31)N1C=C(Cl)C=C(Cl)C1=N2. The first-order chi connectivity index (χ1) is 16.8. The molecule has 4 heterocycles. The van der Waals surface area contributed by atoms with Crippen LogP contribution in [0.4, 0.5) is 11.5 Å². The molecule has 0 N–H and O–H groups in total. The fourth-order valence-electron chi connectivity index (χ4n) is 5.35. The van der Waals surface area contributed by atoms with Crippen LogP contribution >= 0.6 is 23.2 Å². The van der Waals surface area contributed by atoms with E-state index in [-0.39, 0.29) is 11.8 Å². The van der Waals surface area contributed by atoms with E-state index in [1.807, 2.05) is 71.3 Å². The highest BCUT2D eigenvalue weighted by Gasteiger charge is 2.61. The van der Waals surface area contributed by atoms with Gasteiger partial charge in [-0.05, 0) is 37.1 Å². The van der Waals surface area contributed by atoms with Gasteiger partial charge in [-0.25, -0.2) is 9.67 Å². The average Bonchev–Trinajstić information content (AvgIpc) is 3.29. The number of anilines is 1. The predicted molar refractivity (Wildman–Crippen MR) is 140 cm³/mol. The summed E-state index contributed by atoms with van der Waals surface area (Å²) in [5, 5.41) is 5.67. The Labute approximate surface area is 213 Å². The molecule has 0 bridgehead atoms. The van der Waals surface area contributed by atoms with Crippen LogP contribution in [0.5, 0.6) is 0 Å². The van der Waals surface area contributed by atoms with Crippen molar-refractivity contribution in [2.75, 3.05) is 11.4 Å². The number of nitrogens with zero attached hydrogens (tertiary/aromatic N) is 5. The molecule has 35 heavy (non-hydrogen) atoms. The number of fused-ring (bicyclic) bond motifs is 6. The lowest BCUT2D eigenvalue weighted by atomic mass is 9.80. The zero-order valence-corrected chi connectivity index (χ0v) is 21.0. The molecule has 1 atom stereocenters. The fourth-order valence-corrected chi connectivity index (χ4v) is 5.87. The minimum Gasteiger partial charge on any atom is -0.309 e. The van der Waals surface area contributed by atoms with E-state index in [4.69, 9.17) is 33.3 Å². The maximum Gasteiger partial charge on any atom is 0.262 e. The van der Waals surface area contributed by atoms with E-state index < -0.39 is 5.54 Å². The third-order valence-electron chi connectivity index (χ3n) is 6.62. The number of amides is 1. The summed E-state index contributed by atoms with van der Waals surface area (Å²) in [6.07, 6.45) is 3.41. The highest BCUT2D eigenvalue weighted by Crippen LogP contribution is 2.56. The summed E-state index contributed by atoms with van der Waals surface area (Å²) >= 11 is 13.2. The first kappa shape index (κ1) is 22.1. The van der Waals surface area contributed by atoms with Crippen LogP contribution in [0.1, 0.15) is 30.7 Å². The van der Waals surface area contributed by atoms with Gasteiger partial charge in [-0.1, -0.05) is 73.4 Å². The fraction of sp³-hybridized carbons (Fsp3) is 0.222. The second-order valence-corrected chi connectivity index (χ2v) is 10.2. The van der Waals surface area contributed by atoms with Crippen LogP contribution in [-0.4, -0.2) is 33.0 Å². The summed E-state index contributed by atoms with van der Waals surface area (Å²) in [5.74, 6) is 1.27. The molecule has 6 nitrogen and oxygen atoms in total. The number of rotatable bonds is 3. The van der Waals surface area contributed by atoms with Gasteiger partial charge in [-0.15, -0.1) is 0 Å². The largest absolute Gasteiger partial charge is 0.309 e. The van der Waals surface area contributed by atoms with Crippen molar-refractivity contribution in [2.24, 2.45) is 10.9 Å². The van der Waals surface area contributed by atoms with Crippen LogP contribution < -0.4 is 4.90 Å². The number of hydrogen-bond donors (Lipinski definition) is 0. The summed E-state index contributed by atoms with van der Waals surface area (Å²) in [6.45, 7) is 6.72. The Hall–Kier alpha value is -3.35. The Morgan fingerprint density at radius 3 is 2.49 bits per heavy atom. The van der Waals surface area contributed by atoms with Crippen molar-refractivity contribution in [2.45, 2.75) is 26.3 Å². The number of aryl methyl sites for hydroxylation is 1. The molecule has 8 heteroatoms. The number of benzene rings is 2. The molecule has 0 radical (unpaired) electrons. The molecule has 2 aromatic carbocycles. The van der Waals surface area contributed by atoms with Gasteiger partial charge in [0.15, 0.2) is 17.2 Å². The monoisotopic (exact) mass is 503 g/mol. The second-order valence-electron chi connectivity index (χ2n) is 9.38. The van der Waals surface area contributed by atoms with Gasteiger partial charge < -0.3 is 9.80 Å². The molecular weight excluding hydrogens is 481 g/mol. The van der Waals surface area contributed by atoms with Crippen molar-refractivity contribution < 1.29 is 4.79 Å². The molecule has 0 aliphatic carbocycles. The summed E-state index contributed by atoms with van der Waals surface area (Å²) in [6, 6.07) is 17.7. The Morgan fingerprint density at radius 1 is 1.03 bits per heavy atom. The van der Waals surface area contributed by atoms with Gasteiger partial charge in [0.1, 0.15) is 0 Å². The average molecular weight is 504 g/mol. The third kappa shape index (κ3) is 3.00. The number of carbonyl (C=O) groups is 1. The Kier molecular flexibility index (Phi) is 4.95. The molecular formula is C27H23Cl2N5O. The topological polar surface area (TPSA) is 53.7 Å². The van der Waals surface area contributed by atoms with Crippen LogP contribution in [0.15, 0.2) is 81.9 Å². The van der Waals surface area contributed by atoms with Crippen molar-refractivity contribution in [3.8, 4) is 5.69 Å². The number of para-hydroxylation sites is 2. The standard InChI is InChI=1S/C27H23Cl2N5O/c1-16(2)14-32-22-12-8-7-11-20(22)27(26(32)35)23-17(3)31-34(19-9-5-4-6-10-19)25(23)30-24-21(29)13-18(28)15-33(24)27/h4-13,15-16H,14H2,1-3H3. The zero-order valence-electron chi connectivity index (χ0n) is 19.5. The van der Waals surface area contributed by atoms with Crippen molar-refractivity contribution in [3.63, 3.8) is 0 Å².